The van der Waals surface area contributed by atoms with Crippen LogP contribution in [0.25, 0.3) is 5.57 Å². The molecular weight excluding hydrogens is 192 g/mol. The van der Waals surface area contributed by atoms with Gasteiger partial charge >= 0.3 is 0 Å². The molecule has 0 spiro atoms. The molecule has 0 amide bonds. The summed E-state index contributed by atoms with van der Waals surface area (Å²) in [5, 5.41) is 0. The van der Waals surface area contributed by atoms with Crippen molar-refractivity contribution in [3.05, 3.63) is 66.3 Å². The van der Waals surface area contributed by atoms with E-state index in [1.54, 1.807) is 0 Å². The van der Waals surface area contributed by atoms with E-state index in [0.717, 1.165) is 12.8 Å². The predicted molar refractivity (Wildman–Crippen MR) is 71.1 cm³/mol. The van der Waals surface area contributed by atoms with Gasteiger partial charge in [-0.2, -0.15) is 0 Å². The van der Waals surface area contributed by atoms with E-state index < -0.39 is 0 Å². The molecule has 0 bridgehead atoms. The molecule has 1 aromatic rings. The zero-order valence-corrected chi connectivity index (χ0v) is 9.82. The van der Waals surface area contributed by atoms with Crippen LogP contribution in [0.15, 0.2) is 60.7 Å². The van der Waals surface area contributed by atoms with Gasteiger partial charge in [0.05, 0.1) is 0 Å². The molecule has 82 valence electrons. The molecule has 1 aliphatic rings. The van der Waals surface area contributed by atoms with Crippen LogP contribution in [0, 0.1) is 5.92 Å². The van der Waals surface area contributed by atoms with E-state index in [4.69, 9.17) is 0 Å². The van der Waals surface area contributed by atoms with Crippen LogP contribution in [0.3, 0.4) is 0 Å². The molecule has 0 heteroatoms. The normalized spacial score (nSPS) is 19.3. The molecule has 1 aliphatic carbocycles. The van der Waals surface area contributed by atoms with E-state index in [2.05, 4.69) is 62.1 Å². The van der Waals surface area contributed by atoms with Crippen LogP contribution in [-0.4, -0.2) is 0 Å². The molecule has 1 unspecified atom stereocenters. The van der Waals surface area contributed by atoms with Crippen LogP contribution < -0.4 is 0 Å². The average molecular weight is 210 g/mol. The first-order valence-electron chi connectivity index (χ1n) is 5.84. The van der Waals surface area contributed by atoms with Crippen molar-refractivity contribution in [3.8, 4) is 0 Å². The van der Waals surface area contributed by atoms with Gasteiger partial charge in [0.25, 0.3) is 0 Å². The van der Waals surface area contributed by atoms with Crippen LogP contribution >= 0.6 is 0 Å². The van der Waals surface area contributed by atoms with Crippen molar-refractivity contribution >= 4 is 5.57 Å². The van der Waals surface area contributed by atoms with Gasteiger partial charge in [0.1, 0.15) is 0 Å². The first-order valence-corrected chi connectivity index (χ1v) is 5.84. The Labute approximate surface area is 98.0 Å². The van der Waals surface area contributed by atoms with Gasteiger partial charge in [-0.25, -0.2) is 0 Å². The van der Waals surface area contributed by atoms with Gasteiger partial charge in [0.15, 0.2) is 0 Å². The molecule has 0 N–H and O–H groups in total. The molecule has 0 radical (unpaired) electrons. The third-order valence-corrected chi connectivity index (χ3v) is 2.87. The minimum absolute atomic E-state index is 0.623. The van der Waals surface area contributed by atoms with E-state index in [1.807, 2.05) is 0 Å². The third kappa shape index (κ3) is 2.73. The van der Waals surface area contributed by atoms with Crippen molar-refractivity contribution < 1.29 is 0 Å². The fourth-order valence-electron chi connectivity index (χ4n) is 2.16. The highest BCUT2D eigenvalue weighted by molar-refractivity contribution is 5.74. The van der Waals surface area contributed by atoms with Crippen molar-refractivity contribution in [2.75, 3.05) is 0 Å². The third-order valence-electron chi connectivity index (χ3n) is 2.87. The highest BCUT2D eigenvalue weighted by Crippen LogP contribution is 2.27. The summed E-state index contributed by atoms with van der Waals surface area (Å²) in [5.41, 5.74) is 3.92. The Balaban J connectivity index is 2.18. The van der Waals surface area contributed by atoms with Crippen LogP contribution in [0.1, 0.15) is 25.3 Å². The molecular formula is C16H18. The highest BCUT2D eigenvalue weighted by atomic mass is 14.1. The zero-order valence-electron chi connectivity index (χ0n) is 9.82. The molecule has 0 saturated carbocycles. The molecule has 0 aromatic heterocycles. The van der Waals surface area contributed by atoms with Crippen LogP contribution in [0.5, 0.6) is 0 Å². The maximum atomic E-state index is 3.99. The Morgan fingerprint density at radius 2 is 2.06 bits per heavy atom. The largest absolute Gasteiger partial charge is 0.100 e. The topological polar surface area (TPSA) is 0 Å². The lowest BCUT2D eigenvalue weighted by Gasteiger charge is -2.16. The van der Waals surface area contributed by atoms with Gasteiger partial charge in [-0.1, -0.05) is 54.1 Å². The smallest absolute Gasteiger partial charge is 0.0153 e. The molecule has 0 aliphatic heterocycles. The zero-order chi connectivity index (χ0) is 11.4. The lowest BCUT2D eigenvalue weighted by atomic mass is 9.89. The Morgan fingerprint density at radius 3 is 2.75 bits per heavy atom. The van der Waals surface area contributed by atoms with E-state index in [0.29, 0.717) is 5.92 Å². The summed E-state index contributed by atoms with van der Waals surface area (Å²) in [6.07, 6.45) is 9.12. The van der Waals surface area contributed by atoms with Gasteiger partial charge in [0, 0.05) is 0 Å². The van der Waals surface area contributed by atoms with E-state index >= 15 is 0 Å². The Hall–Kier alpha value is -1.56. The summed E-state index contributed by atoms with van der Waals surface area (Å²) in [4.78, 5) is 0. The van der Waals surface area contributed by atoms with Gasteiger partial charge in [0.2, 0.25) is 0 Å². The molecule has 0 fully saturated rings. The average Bonchev–Trinajstić information content (AvgIpc) is 2.30. The van der Waals surface area contributed by atoms with Crippen molar-refractivity contribution in [3.63, 3.8) is 0 Å². The van der Waals surface area contributed by atoms with Gasteiger partial charge in [-0.3, -0.25) is 0 Å². The molecule has 0 saturated heterocycles. The molecule has 0 heterocycles. The van der Waals surface area contributed by atoms with Crippen LogP contribution in [0.4, 0.5) is 0 Å². The quantitative estimate of drug-likeness (QED) is 0.639. The second-order valence-corrected chi connectivity index (χ2v) is 4.55. The second-order valence-electron chi connectivity index (χ2n) is 4.55. The summed E-state index contributed by atoms with van der Waals surface area (Å²) in [5.74, 6) is 0.623. The minimum Gasteiger partial charge on any atom is -0.100 e. The summed E-state index contributed by atoms with van der Waals surface area (Å²) in [6.45, 7) is 6.10. The van der Waals surface area contributed by atoms with Gasteiger partial charge < -0.3 is 0 Å². The minimum atomic E-state index is 0.623. The Kier molecular flexibility index (Phi) is 3.40. The van der Waals surface area contributed by atoms with E-state index in [1.165, 1.54) is 16.7 Å². The van der Waals surface area contributed by atoms with Crippen molar-refractivity contribution in [1.82, 2.24) is 0 Å². The summed E-state index contributed by atoms with van der Waals surface area (Å²) >= 11 is 0. The first-order chi connectivity index (χ1) is 7.75. The lowest BCUT2D eigenvalue weighted by molar-refractivity contribution is 0.652. The molecule has 1 aromatic carbocycles. The summed E-state index contributed by atoms with van der Waals surface area (Å²) in [6, 6.07) is 10.6. The molecule has 1 atom stereocenters. The fourth-order valence-corrected chi connectivity index (χ4v) is 2.16. The maximum Gasteiger partial charge on any atom is -0.0153 e. The lowest BCUT2D eigenvalue weighted by Crippen LogP contribution is -2.00. The van der Waals surface area contributed by atoms with Crippen molar-refractivity contribution in [2.24, 2.45) is 5.92 Å². The second kappa shape index (κ2) is 4.98. The van der Waals surface area contributed by atoms with Crippen LogP contribution in [0.2, 0.25) is 0 Å². The molecule has 0 nitrogen and oxygen atoms in total. The highest BCUT2D eigenvalue weighted by Gasteiger charge is 2.10. The SMILES string of the molecule is C=C(C)CC1C=C(c2ccccc2)C=CC1. The number of hydrogen-bond acceptors (Lipinski definition) is 0. The number of benzene rings is 1. The summed E-state index contributed by atoms with van der Waals surface area (Å²) in [7, 11) is 0. The first kappa shape index (κ1) is 10.9. The molecule has 16 heavy (non-hydrogen) atoms. The fraction of sp³-hybridized carbons (Fsp3) is 0.250. The number of allylic oxidation sites excluding steroid dienone is 5. The monoisotopic (exact) mass is 210 g/mol. The number of rotatable bonds is 3. The maximum absolute atomic E-state index is 3.99. The number of hydrogen-bond donors (Lipinski definition) is 0. The van der Waals surface area contributed by atoms with Crippen LogP contribution in [-0.2, 0) is 0 Å². The van der Waals surface area contributed by atoms with Crippen molar-refractivity contribution in [2.45, 2.75) is 19.8 Å². The van der Waals surface area contributed by atoms with Gasteiger partial charge in [-0.15, -0.1) is 6.58 Å². The standard InChI is InChI=1S/C16H18/c1-13(2)11-14-7-6-10-16(12-14)15-8-4-3-5-9-15/h3-6,8-10,12,14H,1,7,11H2,2H3. The molecule has 2 rings (SSSR count). The Bertz CT molecular complexity index is 421. The van der Waals surface area contributed by atoms with Gasteiger partial charge in [-0.05, 0) is 36.8 Å². The summed E-state index contributed by atoms with van der Waals surface area (Å²) < 4.78 is 0. The Morgan fingerprint density at radius 1 is 1.31 bits per heavy atom. The van der Waals surface area contributed by atoms with E-state index in [-0.39, 0.29) is 0 Å². The van der Waals surface area contributed by atoms with E-state index in [9.17, 15) is 0 Å². The predicted octanol–water partition coefficient (Wildman–Crippen LogP) is 4.61. The van der Waals surface area contributed by atoms with Crippen molar-refractivity contribution in [1.29, 1.82) is 0 Å².